The summed E-state index contributed by atoms with van der Waals surface area (Å²) in [5, 5.41) is 4.67. The maximum Gasteiger partial charge on any atom is 0.341 e. The smallest absolute Gasteiger partial charge is 0.341 e. The zero-order valence-corrected chi connectivity index (χ0v) is 14.3. The van der Waals surface area contributed by atoms with Gasteiger partial charge in [-0.3, -0.25) is 4.68 Å². The van der Waals surface area contributed by atoms with Gasteiger partial charge < -0.3 is 9.64 Å². The van der Waals surface area contributed by atoms with Gasteiger partial charge in [-0.15, -0.1) is 0 Å². The van der Waals surface area contributed by atoms with Gasteiger partial charge in [0.2, 0.25) is 0 Å². The molecule has 0 bridgehead atoms. The average Bonchev–Trinajstić information content (AvgIpc) is 3.20. The van der Waals surface area contributed by atoms with Crippen LogP contribution < -0.4 is 4.90 Å². The maximum absolute atomic E-state index is 11.7. The Balaban J connectivity index is 1.44. The van der Waals surface area contributed by atoms with Gasteiger partial charge in [0, 0.05) is 30.3 Å². The molecule has 0 atom stereocenters. The van der Waals surface area contributed by atoms with Crippen LogP contribution in [0.25, 0.3) is 0 Å². The largest absolute Gasteiger partial charge is 0.462 e. The average molecular weight is 347 g/mol. The maximum atomic E-state index is 11.7. The number of ether oxygens (including phenoxy) is 1. The molecule has 1 aliphatic carbocycles. The van der Waals surface area contributed by atoms with E-state index in [1.165, 1.54) is 19.0 Å². The molecule has 2 fully saturated rings. The minimum Gasteiger partial charge on any atom is -0.462 e. The van der Waals surface area contributed by atoms with Gasteiger partial charge in [0.05, 0.1) is 24.9 Å². The second-order valence-corrected chi connectivity index (χ2v) is 6.98. The van der Waals surface area contributed by atoms with Gasteiger partial charge in [-0.05, 0) is 25.8 Å². The molecule has 6 nitrogen and oxygen atoms in total. The van der Waals surface area contributed by atoms with Crippen molar-refractivity contribution in [3.63, 3.8) is 0 Å². The highest BCUT2D eigenvalue weighted by Crippen LogP contribution is 2.53. The summed E-state index contributed by atoms with van der Waals surface area (Å²) in [7, 11) is 0. The highest BCUT2D eigenvalue weighted by atomic mass is 35.5. The molecule has 24 heavy (non-hydrogen) atoms. The summed E-state index contributed by atoms with van der Waals surface area (Å²) < 4.78 is 6.63. The molecule has 7 heteroatoms. The summed E-state index contributed by atoms with van der Waals surface area (Å²) in [6.07, 6.45) is 5.85. The van der Waals surface area contributed by atoms with Gasteiger partial charge in [0.25, 0.3) is 0 Å². The molecule has 1 saturated carbocycles. The van der Waals surface area contributed by atoms with Crippen molar-refractivity contribution in [1.82, 2.24) is 14.8 Å². The van der Waals surface area contributed by atoms with Crippen molar-refractivity contribution in [2.45, 2.75) is 26.3 Å². The highest BCUT2D eigenvalue weighted by Gasteiger charge is 2.52. The fourth-order valence-corrected chi connectivity index (χ4v) is 3.32. The van der Waals surface area contributed by atoms with Crippen LogP contribution in [-0.4, -0.2) is 40.4 Å². The Hall–Kier alpha value is -2.08. The van der Waals surface area contributed by atoms with Crippen LogP contribution in [0.3, 0.4) is 0 Å². The summed E-state index contributed by atoms with van der Waals surface area (Å²) in [6, 6.07) is 3.99. The molecule has 0 aromatic carbocycles. The lowest BCUT2D eigenvalue weighted by Gasteiger charge is -2.41. The third-order valence-corrected chi connectivity index (χ3v) is 5.05. The van der Waals surface area contributed by atoms with Crippen LogP contribution >= 0.6 is 11.6 Å². The summed E-state index contributed by atoms with van der Waals surface area (Å²) in [4.78, 5) is 18.5. The van der Waals surface area contributed by atoms with Crippen molar-refractivity contribution in [2.75, 3.05) is 24.6 Å². The van der Waals surface area contributed by atoms with Crippen molar-refractivity contribution >= 4 is 23.4 Å². The van der Waals surface area contributed by atoms with E-state index in [-0.39, 0.29) is 5.97 Å². The molecule has 0 unspecified atom stereocenters. The van der Waals surface area contributed by atoms with E-state index in [2.05, 4.69) is 15.0 Å². The minimum atomic E-state index is -0.366. The SMILES string of the molecule is CCOC(=O)c1cnn(Cc2ccc(N3CC4(CC4)C3)nc2Cl)c1. The lowest BCUT2D eigenvalue weighted by molar-refractivity contribution is 0.0526. The van der Waals surface area contributed by atoms with E-state index in [9.17, 15) is 4.79 Å². The van der Waals surface area contributed by atoms with Crippen LogP contribution in [0.5, 0.6) is 0 Å². The molecule has 4 rings (SSSR count). The molecule has 3 heterocycles. The van der Waals surface area contributed by atoms with E-state index in [1.54, 1.807) is 17.8 Å². The normalized spacial score (nSPS) is 17.7. The van der Waals surface area contributed by atoms with Gasteiger partial charge in [0.15, 0.2) is 0 Å². The van der Waals surface area contributed by atoms with Crippen molar-refractivity contribution in [3.05, 3.63) is 40.8 Å². The lowest BCUT2D eigenvalue weighted by Crippen LogP contribution is -2.48. The monoisotopic (exact) mass is 346 g/mol. The number of rotatable bonds is 5. The number of pyridine rings is 1. The van der Waals surface area contributed by atoms with Crippen molar-refractivity contribution in [3.8, 4) is 0 Å². The van der Waals surface area contributed by atoms with E-state index in [0.29, 0.717) is 29.3 Å². The molecule has 1 spiro atoms. The molecular formula is C17H19ClN4O2. The molecule has 1 saturated heterocycles. The Morgan fingerprint density at radius 1 is 1.38 bits per heavy atom. The summed E-state index contributed by atoms with van der Waals surface area (Å²) in [5.41, 5.74) is 1.90. The van der Waals surface area contributed by atoms with E-state index in [0.717, 1.165) is 24.5 Å². The molecule has 0 N–H and O–H groups in total. The van der Waals surface area contributed by atoms with Crippen LogP contribution in [0.2, 0.25) is 5.15 Å². The number of hydrogen-bond donors (Lipinski definition) is 0. The molecule has 126 valence electrons. The second-order valence-electron chi connectivity index (χ2n) is 6.62. The minimum absolute atomic E-state index is 0.346. The molecule has 1 aliphatic heterocycles. The Kier molecular flexibility index (Phi) is 3.72. The van der Waals surface area contributed by atoms with Crippen LogP contribution in [-0.2, 0) is 11.3 Å². The van der Waals surface area contributed by atoms with Crippen LogP contribution in [0.1, 0.15) is 35.7 Å². The number of hydrogen-bond acceptors (Lipinski definition) is 5. The lowest BCUT2D eigenvalue weighted by atomic mass is 9.97. The molecule has 0 radical (unpaired) electrons. The Labute approximate surface area is 145 Å². The predicted octanol–water partition coefficient (Wildman–Crippen LogP) is 2.76. The van der Waals surface area contributed by atoms with Gasteiger partial charge in [-0.1, -0.05) is 17.7 Å². The Bertz CT molecular complexity index is 777. The van der Waals surface area contributed by atoms with E-state index in [4.69, 9.17) is 16.3 Å². The summed E-state index contributed by atoms with van der Waals surface area (Å²) in [6.45, 7) is 4.78. The van der Waals surface area contributed by atoms with Crippen LogP contribution in [0.15, 0.2) is 24.5 Å². The molecule has 2 aliphatic rings. The summed E-state index contributed by atoms with van der Waals surface area (Å²) >= 11 is 6.34. The van der Waals surface area contributed by atoms with Crippen molar-refractivity contribution in [2.24, 2.45) is 5.41 Å². The number of carbonyl (C=O) groups excluding carboxylic acids is 1. The quantitative estimate of drug-likeness (QED) is 0.615. The zero-order valence-electron chi connectivity index (χ0n) is 13.5. The molecular weight excluding hydrogens is 328 g/mol. The number of carbonyl (C=O) groups is 1. The van der Waals surface area contributed by atoms with Crippen molar-refractivity contribution in [1.29, 1.82) is 0 Å². The standard InChI is InChI=1S/C17H19ClN4O2/c1-2-24-16(23)13-7-19-22(9-13)8-12-3-4-14(20-15(12)18)21-10-17(11-21)5-6-17/h3-4,7,9H,2,5-6,8,10-11H2,1H3. The van der Waals surface area contributed by atoms with E-state index >= 15 is 0 Å². The number of halogens is 1. The highest BCUT2D eigenvalue weighted by molar-refractivity contribution is 6.30. The topological polar surface area (TPSA) is 60.2 Å². The van der Waals surface area contributed by atoms with Gasteiger partial charge in [-0.25, -0.2) is 9.78 Å². The van der Waals surface area contributed by atoms with E-state index < -0.39 is 0 Å². The van der Waals surface area contributed by atoms with Crippen LogP contribution in [0.4, 0.5) is 5.82 Å². The predicted molar refractivity (Wildman–Crippen MR) is 90.4 cm³/mol. The second kappa shape index (κ2) is 5.77. The van der Waals surface area contributed by atoms with E-state index in [1.807, 2.05) is 12.1 Å². The number of aromatic nitrogens is 3. The number of esters is 1. The zero-order chi connectivity index (χ0) is 16.7. The first kappa shape index (κ1) is 15.4. The fourth-order valence-electron chi connectivity index (χ4n) is 3.11. The number of nitrogens with zero attached hydrogens (tertiary/aromatic N) is 4. The van der Waals surface area contributed by atoms with Crippen molar-refractivity contribution < 1.29 is 9.53 Å². The first-order valence-corrected chi connectivity index (χ1v) is 8.56. The first-order valence-electron chi connectivity index (χ1n) is 8.18. The van der Waals surface area contributed by atoms with Gasteiger partial charge in [-0.2, -0.15) is 5.10 Å². The molecule has 2 aromatic heterocycles. The third kappa shape index (κ3) is 2.86. The van der Waals surface area contributed by atoms with Crippen LogP contribution in [0, 0.1) is 5.41 Å². The Morgan fingerprint density at radius 3 is 2.83 bits per heavy atom. The number of anilines is 1. The first-order chi connectivity index (χ1) is 11.6. The van der Waals surface area contributed by atoms with Gasteiger partial charge in [0.1, 0.15) is 11.0 Å². The Morgan fingerprint density at radius 2 is 2.17 bits per heavy atom. The molecule has 0 amide bonds. The third-order valence-electron chi connectivity index (χ3n) is 4.72. The fraction of sp³-hybridized carbons (Fsp3) is 0.471. The molecule has 2 aromatic rings. The summed E-state index contributed by atoms with van der Waals surface area (Å²) in [5.74, 6) is 0.573. The van der Waals surface area contributed by atoms with Gasteiger partial charge >= 0.3 is 5.97 Å².